The maximum Gasteiger partial charge on any atom is 0.234 e. The number of pyridine rings is 1. The van der Waals surface area contributed by atoms with Gasteiger partial charge in [-0.3, -0.25) is 0 Å². The van der Waals surface area contributed by atoms with Gasteiger partial charge in [-0.1, -0.05) is 11.6 Å². The van der Waals surface area contributed by atoms with Gasteiger partial charge >= 0.3 is 0 Å². The predicted octanol–water partition coefficient (Wildman–Crippen LogP) is 1.03. The molecule has 1 heterocycles. The van der Waals surface area contributed by atoms with E-state index in [2.05, 4.69) is 10.4 Å². The van der Waals surface area contributed by atoms with E-state index in [0.717, 1.165) is 0 Å². The second-order valence-corrected chi connectivity index (χ2v) is 2.24. The lowest BCUT2D eigenvalue weighted by atomic mass is 10.4. The molecule has 0 radical (unpaired) electrons. The summed E-state index contributed by atoms with van der Waals surface area (Å²) < 4.78 is 4.85. The summed E-state index contributed by atoms with van der Waals surface area (Å²) in [5.41, 5.74) is 2.38. The largest absolute Gasteiger partial charge is 0.480 e. The number of rotatable bonds is 2. The molecule has 0 aliphatic carbocycles. The zero-order chi connectivity index (χ0) is 8.27. The topological polar surface area (TPSA) is 60.2 Å². The second kappa shape index (κ2) is 3.41. The maximum absolute atomic E-state index is 5.70. The van der Waals surface area contributed by atoms with Gasteiger partial charge in [-0.05, 0) is 12.1 Å². The van der Waals surface area contributed by atoms with E-state index in [9.17, 15) is 0 Å². The van der Waals surface area contributed by atoms with E-state index in [0.29, 0.717) is 16.7 Å². The minimum absolute atomic E-state index is 0.363. The standard InChI is InChI=1S/C6H8ClN3O/c1-11-6-4(7)2-3-5(9-6)10-8/h2-3H,8H2,1H3,(H,9,10). The van der Waals surface area contributed by atoms with Crippen molar-refractivity contribution in [1.29, 1.82) is 0 Å². The summed E-state index contributed by atoms with van der Waals surface area (Å²) in [4.78, 5) is 3.92. The molecule has 0 amide bonds. The summed E-state index contributed by atoms with van der Waals surface area (Å²) in [5, 5.41) is 0.464. The molecule has 1 rings (SSSR count). The summed E-state index contributed by atoms with van der Waals surface area (Å²) >= 11 is 5.70. The van der Waals surface area contributed by atoms with Crippen molar-refractivity contribution in [1.82, 2.24) is 4.98 Å². The molecule has 0 saturated carbocycles. The van der Waals surface area contributed by atoms with Crippen LogP contribution >= 0.6 is 11.6 Å². The van der Waals surface area contributed by atoms with Gasteiger partial charge < -0.3 is 10.2 Å². The highest BCUT2D eigenvalue weighted by atomic mass is 35.5. The van der Waals surface area contributed by atoms with E-state index in [1.807, 2.05) is 0 Å². The van der Waals surface area contributed by atoms with Gasteiger partial charge in [-0.15, -0.1) is 0 Å². The molecule has 1 aromatic rings. The van der Waals surface area contributed by atoms with E-state index in [-0.39, 0.29) is 0 Å². The number of nitrogens with one attached hydrogen (secondary N) is 1. The Labute approximate surface area is 69.3 Å². The van der Waals surface area contributed by atoms with Gasteiger partial charge in [0.05, 0.1) is 7.11 Å². The number of ether oxygens (including phenoxy) is 1. The van der Waals surface area contributed by atoms with Gasteiger partial charge in [-0.2, -0.15) is 4.98 Å². The molecular formula is C6H8ClN3O. The summed E-state index contributed by atoms with van der Waals surface area (Å²) in [6.45, 7) is 0. The van der Waals surface area contributed by atoms with Crippen LogP contribution in [0.4, 0.5) is 5.82 Å². The van der Waals surface area contributed by atoms with Crippen LogP contribution in [0.15, 0.2) is 12.1 Å². The number of anilines is 1. The number of hydrogen-bond acceptors (Lipinski definition) is 4. The third-order valence-electron chi connectivity index (χ3n) is 1.16. The van der Waals surface area contributed by atoms with E-state index < -0.39 is 0 Å². The normalized spacial score (nSPS) is 9.36. The van der Waals surface area contributed by atoms with Gasteiger partial charge in [-0.25, -0.2) is 5.84 Å². The molecule has 0 bridgehead atoms. The molecule has 11 heavy (non-hydrogen) atoms. The van der Waals surface area contributed by atoms with Crippen molar-refractivity contribution in [3.63, 3.8) is 0 Å². The van der Waals surface area contributed by atoms with Crippen molar-refractivity contribution in [2.45, 2.75) is 0 Å². The molecule has 4 nitrogen and oxygen atoms in total. The van der Waals surface area contributed by atoms with Crippen LogP contribution in [0.2, 0.25) is 5.02 Å². The molecule has 0 aliphatic rings. The lowest BCUT2D eigenvalue weighted by Crippen LogP contribution is -2.08. The molecular weight excluding hydrogens is 166 g/mol. The average molecular weight is 174 g/mol. The Morgan fingerprint density at radius 3 is 2.91 bits per heavy atom. The first-order chi connectivity index (χ1) is 5.27. The van der Waals surface area contributed by atoms with Crippen LogP contribution in [-0.4, -0.2) is 12.1 Å². The third-order valence-corrected chi connectivity index (χ3v) is 1.44. The highest BCUT2D eigenvalue weighted by molar-refractivity contribution is 6.31. The summed E-state index contributed by atoms with van der Waals surface area (Å²) in [5.74, 6) is 6.00. The zero-order valence-corrected chi connectivity index (χ0v) is 6.72. The smallest absolute Gasteiger partial charge is 0.234 e. The highest BCUT2D eigenvalue weighted by Gasteiger charge is 2.01. The van der Waals surface area contributed by atoms with Gasteiger partial charge in [0.15, 0.2) is 0 Å². The first kappa shape index (κ1) is 8.10. The molecule has 60 valence electrons. The molecule has 0 saturated heterocycles. The van der Waals surface area contributed by atoms with Crippen molar-refractivity contribution in [3.8, 4) is 5.88 Å². The molecule has 1 aromatic heterocycles. The Morgan fingerprint density at radius 1 is 1.64 bits per heavy atom. The van der Waals surface area contributed by atoms with Crippen molar-refractivity contribution < 1.29 is 4.74 Å². The highest BCUT2D eigenvalue weighted by Crippen LogP contribution is 2.22. The Morgan fingerprint density at radius 2 is 2.36 bits per heavy atom. The SMILES string of the molecule is COc1nc(NN)ccc1Cl. The Kier molecular flexibility index (Phi) is 2.51. The molecule has 0 unspecified atom stereocenters. The summed E-state index contributed by atoms with van der Waals surface area (Å²) in [6, 6.07) is 3.31. The van der Waals surface area contributed by atoms with Crippen LogP contribution in [0.3, 0.4) is 0 Å². The maximum atomic E-state index is 5.70. The van der Waals surface area contributed by atoms with Gasteiger partial charge in [0.25, 0.3) is 0 Å². The van der Waals surface area contributed by atoms with Crippen molar-refractivity contribution >= 4 is 17.4 Å². The summed E-state index contributed by atoms with van der Waals surface area (Å²) in [7, 11) is 1.49. The molecule has 0 aromatic carbocycles. The fraction of sp³-hybridized carbons (Fsp3) is 0.167. The quantitative estimate of drug-likeness (QED) is 0.518. The number of hydrazine groups is 1. The molecule has 5 heteroatoms. The lowest BCUT2D eigenvalue weighted by Gasteiger charge is -2.03. The van der Waals surface area contributed by atoms with E-state index in [4.69, 9.17) is 22.2 Å². The number of halogens is 1. The number of nitrogens with two attached hydrogens (primary N) is 1. The van der Waals surface area contributed by atoms with Crippen LogP contribution in [0, 0.1) is 0 Å². The zero-order valence-electron chi connectivity index (χ0n) is 5.97. The fourth-order valence-corrected chi connectivity index (χ4v) is 0.829. The van der Waals surface area contributed by atoms with E-state index in [1.54, 1.807) is 12.1 Å². The van der Waals surface area contributed by atoms with Crippen LogP contribution < -0.4 is 16.0 Å². The van der Waals surface area contributed by atoms with Crippen LogP contribution in [0.25, 0.3) is 0 Å². The van der Waals surface area contributed by atoms with Crippen molar-refractivity contribution in [2.24, 2.45) is 5.84 Å². The Bertz CT molecular complexity index is 254. The monoisotopic (exact) mass is 173 g/mol. The minimum Gasteiger partial charge on any atom is -0.480 e. The molecule has 0 spiro atoms. The van der Waals surface area contributed by atoms with E-state index in [1.165, 1.54) is 7.11 Å². The predicted molar refractivity (Wildman–Crippen MR) is 43.6 cm³/mol. The summed E-state index contributed by atoms with van der Waals surface area (Å²) in [6.07, 6.45) is 0. The second-order valence-electron chi connectivity index (χ2n) is 1.83. The number of nitrogens with zero attached hydrogens (tertiary/aromatic N) is 1. The van der Waals surface area contributed by atoms with Crippen LogP contribution in [-0.2, 0) is 0 Å². The number of aromatic nitrogens is 1. The molecule has 0 fully saturated rings. The number of methoxy groups -OCH3 is 1. The first-order valence-corrected chi connectivity index (χ1v) is 3.33. The average Bonchev–Trinajstić information content (AvgIpc) is 2.05. The van der Waals surface area contributed by atoms with Crippen LogP contribution in [0.5, 0.6) is 5.88 Å². The lowest BCUT2D eigenvalue weighted by molar-refractivity contribution is 0.398. The van der Waals surface area contributed by atoms with Crippen molar-refractivity contribution in [2.75, 3.05) is 12.5 Å². The molecule has 3 N–H and O–H groups in total. The Balaban J connectivity index is 3.02. The van der Waals surface area contributed by atoms with E-state index >= 15 is 0 Å². The fourth-order valence-electron chi connectivity index (χ4n) is 0.647. The molecule has 0 aliphatic heterocycles. The Hall–Kier alpha value is -1.00. The van der Waals surface area contributed by atoms with Gasteiger partial charge in [0.1, 0.15) is 10.8 Å². The van der Waals surface area contributed by atoms with Gasteiger partial charge in [0.2, 0.25) is 5.88 Å². The number of hydrogen-bond donors (Lipinski definition) is 2. The first-order valence-electron chi connectivity index (χ1n) is 2.95. The third kappa shape index (κ3) is 1.72. The number of nitrogen functional groups attached to an aromatic ring is 1. The minimum atomic E-state index is 0.363. The van der Waals surface area contributed by atoms with Gasteiger partial charge in [0, 0.05) is 0 Å². The van der Waals surface area contributed by atoms with Crippen molar-refractivity contribution in [3.05, 3.63) is 17.2 Å². The van der Waals surface area contributed by atoms with Crippen LogP contribution in [0.1, 0.15) is 0 Å². The molecule has 0 atom stereocenters.